The van der Waals surface area contributed by atoms with Gasteiger partial charge in [0.2, 0.25) is 11.8 Å². The molecule has 2 unspecified atom stereocenters. The molecule has 29 heavy (non-hydrogen) atoms. The van der Waals surface area contributed by atoms with Gasteiger partial charge in [0.1, 0.15) is 11.8 Å². The molecule has 1 aliphatic rings. The third-order valence-corrected chi connectivity index (χ3v) is 5.35. The van der Waals surface area contributed by atoms with E-state index in [1.165, 1.54) is 5.56 Å². The van der Waals surface area contributed by atoms with Crippen molar-refractivity contribution < 1.29 is 14.0 Å². The molecule has 2 atom stereocenters. The first-order valence-corrected chi connectivity index (χ1v) is 9.91. The van der Waals surface area contributed by atoms with Crippen LogP contribution in [0.5, 0.6) is 0 Å². The number of rotatable bonds is 7. The number of amides is 2. The smallest absolute Gasteiger partial charge is 0.226 e. The molecule has 1 aliphatic heterocycles. The summed E-state index contributed by atoms with van der Waals surface area (Å²) in [5.41, 5.74) is 2.14. The molecule has 0 spiro atoms. The Kier molecular flexibility index (Phi) is 5.75. The van der Waals surface area contributed by atoms with Gasteiger partial charge in [-0.15, -0.1) is 0 Å². The van der Waals surface area contributed by atoms with Crippen LogP contribution in [-0.2, 0) is 16.0 Å². The summed E-state index contributed by atoms with van der Waals surface area (Å²) in [5.74, 6) is 0.246. The van der Waals surface area contributed by atoms with Crippen molar-refractivity contribution in [1.82, 2.24) is 10.2 Å². The zero-order chi connectivity index (χ0) is 20.1. The lowest BCUT2D eigenvalue weighted by Crippen LogP contribution is -2.36. The van der Waals surface area contributed by atoms with Crippen molar-refractivity contribution >= 4 is 11.8 Å². The summed E-state index contributed by atoms with van der Waals surface area (Å²) < 4.78 is 5.55. The Balaban J connectivity index is 1.40. The van der Waals surface area contributed by atoms with Crippen LogP contribution in [0.2, 0.25) is 0 Å². The summed E-state index contributed by atoms with van der Waals surface area (Å²) in [4.78, 5) is 27.2. The Morgan fingerprint density at radius 2 is 1.76 bits per heavy atom. The monoisotopic (exact) mass is 388 g/mol. The summed E-state index contributed by atoms with van der Waals surface area (Å²) in [7, 11) is 0. The number of carbonyl (C=O) groups is 2. The minimum atomic E-state index is -0.368. The molecule has 0 bridgehead atoms. The van der Waals surface area contributed by atoms with E-state index in [4.69, 9.17) is 4.42 Å². The Labute approximate surface area is 170 Å². The summed E-state index contributed by atoms with van der Waals surface area (Å²) in [5, 5.41) is 3.08. The van der Waals surface area contributed by atoms with Gasteiger partial charge in [-0.25, -0.2) is 0 Å². The van der Waals surface area contributed by atoms with Crippen molar-refractivity contribution in [2.45, 2.75) is 18.9 Å². The number of furan rings is 1. The van der Waals surface area contributed by atoms with Crippen LogP contribution in [-0.4, -0.2) is 29.8 Å². The maximum atomic E-state index is 13.0. The minimum Gasteiger partial charge on any atom is -0.467 e. The largest absolute Gasteiger partial charge is 0.467 e. The Morgan fingerprint density at radius 1 is 1.03 bits per heavy atom. The number of likely N-dealkylation sites (tertiary alicyclic amines) is 1. The van der Waals surface area contributed by atoms with Gasteiger partial charge in [-0.05, 0) is 29.7 Å². The molecule has 1 fully saturated rings. The molecule has 1 saturated heterocycles. The molecule has 148 valence electrons. The second-order valence-corrected chi connectivity index (χ2v) is 7.34. The fourth-order valence-corrected chi connectivity index (χ4v) is 3.75. The predicted octanol–water partition coefficient (Wildman–Crippen LogP) is 3.58. The molecule has 4 rings (SSSR count). The highest BCUT2D eigenvalue weighted by atomic mass is 16.3. The van der Waals surface area contributed by atoms with Crippen LogP contribution in [0.15, 0.2) is 83.5 Å². The van der Waals surface area contributed by atoms with E-state index in [9.17, 15) is 9.59 Å². The van der Waals surface area contributed by atoms with Crippen LogP contribution in [0.3, 0.4) is 0 Å². The van der Waals surface area contributed by atoms with E-state index >= 15 is 0 Å². The molecule has 2 amide bonds. The first-order valence-electron chi connectivity index (χ1n) is 9.91. The predicted molar refractivity (Wildman–Crippen MR) is 110 cm³/mol. The van der Waals surface area contributed by atoms with Gasteiger partial charge in [-0.1, -0.05) is 60.7 Å². The van der Waals surface area contributed by atoms with Crippen molar-refractivity contribution in [1.29, 1.82) is 0 Å². The summed E-state index contributed by atoms with van der Waals surface area (Å²) >= 11 is 0. The highest BCUT2D eigenvalue weighted by Gasteiger charge is 2.35. The maximum Gasteiger partial charge on any atom is 0.226 e. The minimum absolute atomic E-state index is 0.0374. The average Bonchev–Trinajstić information content (AvgIpc) is 3.42. The van der Waals surface area contributed by atoms with Crippen LogP contribution in [0.4, 0.5) is 0 Å². The van der Waals surface area contributed by atoms with Gasteiger partial charge >= 0.3 is 0 Å². The van der Waals surface area contributed by atoms with E-state index in [0.29, 0.717) is 18.8 Å². The van der Waals surface area contributed by atoms with Crippen molar-refractivity contribution in [2.24, 2.45) is 5.92 Å². The number of hydrogen-bond acceptors (Lipinski definition) is 3. The van der Waals surface area contributed by atoms with E-state index < -0.39 is 0 Å². The molecule has 1 aromatic heterocycles. The van der Waals surface area contributed by atoms with E-state index in [1.807, 2.05) is 60.7 Å². The molecular weight excluding hydrogens is 364 g/mol. The number of nitrogens with zero attached hydrogens (tertiary/aromatic N) is 1. The molecule has 5 nitrogen and oxygen atoms in total. The summed E-state index contributed by atoms with van der Waals surface area (Å²) in [6.45, 7) is 1.09. The van der Waals surface area contributed by atoms with Crippen LogP contribution in [0.1, 0.15) is 29.3 Å². The Morgan fingerprint density at radius 3 is 2.45 bits per heavy atom. The Bertz CT molecular complexity index is 939. The summed E-state index contributed by atoms with van der Waals surface area (Å²) in [6, 6.07) is 23.1. The van der Waals surface area contributed by atoms with Crippen LogP contribution < -0.4 is 5.32 Å². The van der Waals surface area contributed by atoms with Crippen molar-refractivity contribution in [3.63, 3.8) is 0 Å². The molecule has 2 aromatic carbocycles. The van der Waals surface area contributed by atoms with Gasteiger partial charge in [-0.3, -0.25) is 9.59 Å². The van der Waals surface area contributed by atoms with E-state index in [2.05, 4.69) is 17.4 Å². The third kappa shape index (κ3) is 4.57. The fourth-order valence-electron chi connectivity index (χ4n) is 3.75. The van der Waals surface area contributed by atoms with E-state index in [-0.39, 0.29) is 30.2 Å². The molecule has 0 saturated carbocycles. The topological polar surface area (TPSA) is 62.6 Å². The van der Waals surface area contributed by atoms with Gasteiger partial charge < -0.3 is 14.6 Å². The zero-order valence-corrected chi connectivity index (χ0v) is 16.2. The number of carbonyl (C=O) groups excluding carboxylic acids is 2. The van der Waals surface area contributed by atoms with Gasteiger partial charge in [0.05, 0.1) is 12.2 Å². The molecule has 1 N–H and O–H groups in total. The lowest BCUT2D eigenvalue weighted by molar-refractivity contribution is -0.129. The van der Waals surface area contributed by atoms with Gasteiger partial charge in [0.25, 0.3) is 0 Å². The van der Waals surface area contributed by atoms with E-state index in [0.717, 1.165) is 12.0 Å². The molecular formula is C24H24N2O3. The molecule has 0 radical (unpaired) electrons. The van der Waals surface area contributed by atoms with Crippen LogP contribution >= 0.6 is 0 Å². The molecule has 3 aromatic rings. The first-order chi connectivity index (χ1) is 14.2. The van der Waals surface area contributed by atoms with Gasteiger partial charge in [-0.2, -0.15) is 0 Å². The van der Waals surface area contributed by atoms with Gasteiger partial charge in [0.15, 0.2) is 0 Å². The highest BCUT2D eigenvalue weighted by Crippen LogP contribution is 2.25. The van der Waals surface area contributed by atoms with Crippen molar-refractivity contribution in [3.05, 3.63) is 95.9 Å². The summed E-state index contributed by atoms with van der Waals surface area (Å²) in [6.07, 6.45) is 2.64. The lowest BCUT2D eigenvalue weighted by Gasteiger charge is -2.20. The normalized spacial score (nSPS) is 17.3. The van der Waals surface area contributed by atoms with Crippen molar-refractivity contribution in [2.75, 3.05) is 13.1 Å². The standard InChI is InChI=1S/C24H24N2O3/c27-22-16-20(17-26(22)14-13-18-8-3-1-4-9-18)24(28)25-23(21-12-7-15-29-21)19-10-5-2-6-11-19/h1-12,15,20,23H,13-14,16-17H2,(H,25,28). The third-order valence-electron chi connectivity index (χ3n) is 5.35. The van der Waals surface area contributed by atoms with Crippen molar-refractivity contribution in [3.8, 4) is 0 Å². The van der Waals surface area contributed by atoms with Gasteiger partial charge in [0, 0.05) is 19.5 Å². The quantitative estimate of drug-likeness (QED) is 0.673. The number of hydrogen-bond donors (Lipinski definition) is 1. The average molecular weight is 388 g/mol. The zero-order valence-electron chi connectivity index (χ0n) is 16.2. The molecule has 0 aliphatic carbocycles. The fraction of sp³-hybridized carbons (Fsp3) is 0.250. The lowest BCUT2D eigenvalue weighted by atomic mass is 10.0. The van der Waals surface area contributed by atoms with E-state index in [1.54, 1.807) is 11.2 Å². The van der Waals surface area contributed by atoms with Crippen LogP contribution in [0.25, 0.3) is 0 Å². The SMILES string of the molecule is O=C(NC(c1ccccc1)c1ccco1)C1CC(=O)N(CCc2ccccc2)C1. The number of nitrogens with one attached hydrogen (secondary N) is 1. The van der Waals surface area contributed by atoms with Crippen LogP contribution in [0, 0.1) is 5.92 Å². The number of benzene rings is 2. The second kappa shape index (κ2) is 8.78. The molecule has 5 heteroatoms. The Hall–Kier alpha value is -3.34. The second-order valence-electron chi connectivity index (χ2n) is 7.34. The maximum absolute atomic E-state index is 13.0. The first kappa shape index (κ1) is 19.0. The molecule has 2 heterocycles. The highest BCUT2D eigenvalue weighted by molar-refractivity contribution is 5.89.